The summed E-state index contributed by atoms with van der Waals surface area (Å²) >= 11 is 0. The largest absolute Gasteiger partial charge is 0.465 e. The van der Waals surface area contributed by atoms with Crippen LogP contribution >= 0.6 is 0 Å². The van der Waals surface area contributed by atoms with Gasteiger partial charge in [-0.25, -0.2) is 22.7 Å². The van der Waals surface area contributed by atoms with Gasteiger partial charge in [-0.3, -0.25) is 0 Å². The third kappa shape index (κ3) is 2.90. The van der Waals surface area contributed by atoms with Crippen molar-refractivity contribution < 1.29 is 17.9 Å². The van der Waals surface area contributed by atoms with Crippen LogP contribution in [0.25, 0.3) is 5.65 Å². The van der Waals surface area contributed by atoms with Crippen molar-refractivity contribution in [3.63, 3.8) is 0 Å². The molecule has 3 heterocycles. The number of ether oxygens (including phenoxy) is 1. The Morgan fingerprint density at radius 3 is 3.00 bits per heavy atom. The number of hydrogen-bond acceptors (Lipinski definition) is 6. The van der Waals surface area contributed by atoms with E-state index in [2.05, 4.69) is 14.8 Å². The van der Waals surface area contributed by atoms with Gasteiger partial charge < -0.3 is 4.74 Å². The summed E-state index contributed by atoms with van der Waals surface area (Å²) in [6.45, 7) is 0. The number of carbonyl (C=O) groups excluding carboxylic acids is 1. The molecule has 0 spiro atoms. The molecule has 0 radical (unpaired) electrons. The van der Waals surface area contributed by atoms with Crippen molar-refractivity contribution >= 4 is 21.5 Å². The molecule has 0 saturated carbocycles. The van der Waals surface area contributed by atoms with E-state index in [1.54, 1.807) is 22.8 Å². The summed E-state index contributed by atoms with van der Waals surface area (Å²) in [5.74, 6) is 0.698. The van der Waals surface area contributed by atoms with Crippen LogP contribution in [0.2, 0.25) is 0 Å². The number of rotatable bonds is 3. The Bertz CT molecular complexity index is 797. The van der Waals surface area contributed by atoms with Crippen LogP contribution in [-0.2, 0) is 21.0 Å². The lowest BCUT2D eigenvalue weighted by molar-refractivity contribution is 0.0600. The Kier molecular flexibility index (Phi) is 3.40. The van der Waals surface area contributed by atoms with Crippen molar-refractivity contribution in [2.24, 2.45) is 5.92 Å². The average molecular weight is 309 g/mol. The topological polar surface area (TPSA) is 90.6 Å². The van der Waals surface area contributed by atoms with E-state index in [0.29, 0.717) is 29.9 Å². The standard InChI is InChI=1S/C13H15N3O4S/c1-20-13(17)10-2-4-16-12(7-10)14-11(15-16)6-9-3-5-21(18,19)8-9/h2,4,7,9H,3,5-6,8H2,1H3. The van der Waals surface area contributed by atoms with Crippen LogP contribution in [0.1, 0.15) is 22.6 Å². The zero-order valence-electron chi connectivity index (χ0n) is 11.5. The van der Waals surface area contributed by atoms with E-state index in [9.17, 15) is 13.2 Å². The molecule has 0 N–H and O–H groups in total. The molecule has 8 heteroatoms. The van der Waals surface area contributed by atoms with Gasteiger partial charge in [0, 0.05) is 12.6 Å². The SMILES string of the molecule is COC(=O)c1ccn2nc(CC3CCS(=O)(=O)C3)nc2c1. The summed E-state index contributed by atoms with van der Waals surface area (Å²) in [4.78, 5) is 15.8. The number of pyridine rings is 1. The first-order valence-electron chi connectivity index (χ1n) is 6.61. The maximum absolute atomic E-state index is 11.5. The minimum absolute atomic E-state index is 0.0764. The van der Waals surface area contributed by atoms with Gasteiger partial charge in [0.2, 0.25) is 0 Å². The molecule has 2 aromatic rings. The van der Waals surface area contributed by atoms with Crippen molar-refractivity contribution in [2.45, 2.75) is 12.8 Å². The second kappa shape index (κ2) is 5.10. The van der Waals surface area contributed by atoms with Gasteiger partial charge in [-0.2, -0.15) is 5.10 Å². The molecule has 3 rings (SSSR count). The number of aromatic nitrogens is 3. The second-order valence-corrected chi connectivity index (χ2v) is 7.44. The third-order valence-electron chi connectivity index (χ3n) is 3.60. The van der Waals surface area contributed by atoms with Crippen LogP contribution in [0.4, 0.5) is 0 Å². The fourth-order valence-electron chi connectivity index (χ4n) is 2.55. The predicted molar refractivity (Wildman–Crippen MR) is 74.8 cm³/mol. The van der Waals surface area contributed by atoms with Crippen LogP contribution in [0.5, 0.6) is 0 Å². The highest BCUT2D eigenvalue weighted by molar-refractivity contribution is 7.91. The Labute approximate surface area is 121 Å². The Morgan fingerprint density at radius 2 is 2.33 bits per heavy atom. The van der Waals surface area contributed by atoms with Gasteiger partial charge >= 0.3 is 5.97 Å². The van der Waals surface area contributed by atoms with Gasteiger partial charge in [0.25, 0.3) is 0 Å². The van der Waals surface area contributed by atoms with Gasteiger partial charge in [-0.15, -0.1) is 0 Å². The Balaban J connectivity index is 1.83. The molecule has 21 heavy (non-hydrogen) atoms. The van der Waals surface area contributed by atoms with Crippen LogP contribution < -0.4 is 0 Å². The number of fused-ring (bicyclic) bond motifs is 1. The molecule has 1 aliphatic heterocycles. The van der Waals surface area contributed by atoms with E-state index >= 15 is 0 Å². The molecule has 0 bridgehead atoms. The molecule has 2 aromatic heterocycles. The van der Waals surface area contributed by atoms with E-state index < -0.39 is 15.8 Å². The molecular formula is C13H15N3O4S. The predicted octanol–water partition coefficient (Wildman–Crippen LogP) is 0.493. The Hall–Kier alpha value is -1.96. The van der Waals surface area contributed by atoms with Crippen LogP contribution in [-0.4, -0.2) is 47.6 Å². The van der Waals surface area contributed by atoms with Gasteiger partial charge in [-0.05, 0) is 24.5 Å². The molecule has 1 fully saturated rings. The van der Waals surface area contributed by atoms with Gasteiger partial charge in [-0.1, -0.05) is 0 Å². The van der Waals surface area contributed by atoms with Crippen LogP contribution in [0.15, 0.2) is 18.3 Å². The van der Waals surface area contributed by atoms with Crippen molar-refractivity contribution in [3.8, 4) is 0 Å². The molecule has 0 aliphatic carbocycles. The summed E-state index contributed by atoms with van der Waals surface area (Å²) < 4.78 is 29.2. The number of methoxy groups -OCH3 is 1. The monoisotopic (exact) mass is 309 g/mol. The molecular weight excluding hydrogens is 294 g/mol. The molecule has 7 nitrogen and oxygen atoms in total. The smallest absolute Gasteiger partial charge is 0.338 e. The van der Waals surface area contributed by atoms with Crippen molar-refractivity contribution in [3.05, 3.63) is 29.7 Å². The van der Waals surface area contributed by atoms with Crippen molar-refractivity contribution in [2.75, 3.05) is 18.6 Å². The molecule has 1 saturated heterocycles. The zero-order chi connectivity index (χ0) is 15.0. The third-order valence-corrected chi connectivity index (χ3v) is 5.44. The van der Waals surface area contributed by atoms with E-state index in [-0.39, 0.29) is 17.4 Å². The highest BCUT2D eigenvalue weighted by Gasteiger charge is 2.28. The summed E-state index contributed by atoms with van der Waals surface area (Å²) in [6.07, 6.45) is 2.84. The zero-order valence-corrected chi connectivity index (χ0v) is 12.3. The van der Waals surface area contributed by atoms with E-state index in [0.717, 1.165) is 0 Å². The molecule has 1 aliphatic rings. The first kappa shape index (κ1) is 14.0. The van der Waals surface area contributed by atoms with Gasteiger partial charge in [0.1, 0.15) is 0 Å². The number of nitrogens with zero attached hydrogens (tertiary/aromatic N) is 3. The van der Waals surface area contributed by atoms with E-state index in [1.807, 2.05) is 0 Å². The molecule has 112 valence electrons. The van der Waals surface area contributed by atoms with Crippen LogP contribution in [0.3, 0.4) is 0 Å². The maximum Gasteiger partial charge on any atom is 0.338 e. The lowest BCUT2D eigenvalue weighted by Gasteiger charge is -2.01. The molecule has 1 unspecified atom stereocenters. The van der Waals surface area contributed by atoms with Crippen molar-refractivity contribution in [1.82, 2.24) is 14.6 Å². The van der Waals surface area contributed by atoms with E-state index in [1.165, 1.54) is 7.11 Å². The second-order valence-electron chi connectivity index (χ2n) is 5.21. The maximum atomic E-state index is 11.5. The highest BCUT2D eigenvalue weighted by Crippen LogP contribution is 2.21. The lowest BCUT2D eigenvalue weighted by Crippen LogP contribution is -2.08. The average Bonchev–Trinajstić information content (AvgIpc) is 2.99. The summed E-state index contributed by atoms with van der Waals surface area (Å²) in [7, 11) is -1.57. The van der Waals surface area contributed by atoms with E-state index in [4.69, 9.17) is 0 Å². The lowest BCUT2D eigenvalue weighted by atomic mass is 10.1. The number of carbonyl (C=O) groups is 1. The molecule has 0 amide bonds. The van der Waals surface area contributed by atoms with Gasteiger partial charge in [0.15, 0.2) is 21.3 Å². The fourth-order valence-corrected chi connectivity index (χ4v) is 4.41. The molecule has 1 atom stereocenters. The normalized spacial score (nSPS) is 20.7. The quantitative estimate of drug-likeness (QED) is 0.767. The minimum atomic E-state index is -2.89. The number of esters is 1. The first-order valence-corrected chi connectivity index (χ1v) is 8.43. The summed E-state index contributed by atoms with van der Waals surface area (Å²) in [5, 5.41) is 4.31. The Morgan fingerprint density at radius 1 is 1.52 bits per heavy atom. The highest BCUT2D eigenvalue weighted by atomic mass is 32.2. The summed E-state index contributed by atoms with van der Waals surface area (Å²) in [5.41, 5.74) is 0.959. The van der Waals surface area contributed by atoms with Gasteiger partial charge in [0.05, 0.1) is 24.2 Å². The first-order chi connectivity index (χ1) is 9.97. The fraction of sp³-hybridized carbons (Fsp3) is 0.462. The minimum Gasteiger partial charge on any atom is -0.465 e. The molecule has 0 aromatic carbocycles. The number of hydrogen-bond donors (Lipinski definition) is 0. The summed E-state index contributed by atoms with van der Waals surface area (Å²) in [6, 6.07) is 3.21. The number of sulfone groups is 1. The van der Waals surface area contributed by atoms with Crippen LogP contribution in [0, 0.1) is 5.92 Å². The van der Waals surface area contributed by atoms with Crippen molar-refractivity contribution in [1.29, 1.82) is 0 Å².